The molecule has 1 heterocycles. The van der Waals surface area contributed by atoms with Crippen molar-refractivity contribution in [1.82, 2.24) is 15.2 Å². The average molecular weight is 185 g/mol. The zero-order valence-electron chi connectivity index (χ0n) is 8.23. The molecular formula is C11H11N3. The third-order valence-electron chi connectivity index (χ3n) is 2.02. The molecule has 0 unspecified atom stereocenters. The standard InChI is InChI=1S/C11H11N3/c1-8-3-5-10(6-4-8)11-7-12-9(2)13-14-11/h3-7H,1-2H3. The summed E-state index contributed by atoms with van der Waals surface area (Å²) in [5.74, 6) is 0.695. The SMILES string of the molecule is Cc1ccc(-c2cnc(C)nn2)cc1. The highest BCUT2D eigenvalue weighted by Crippen LogP contribution is 2.15. The molecule has 0 saturated heterocycles. The van der Waals surface area contributed by atoms with Gasteiger partial charge in [-0.1, -0.05) is 29.8 Å². The van der Waals surface area contributed by atoms with Gasteiger partial charge in [0.25, 0.3) is 0 Å². The summed E-state index contributed by atoms with van der Waals surface area (Å²) in [6.45, 7) is 3.88. The fourth-order valence-electron chi connectivity index (χ4n) is 1.19. The Hall–Kier alpha value is -1.77. The molecule has 0 fully saturated rings. The summed E-state index contributed by atoms with van der Waals surface area (Å²) in [6, 6.07) is 8.15. The van der Waals surface area contributed by atoms with Crippen LogP contribution in [0.5, 0.6) is 0 Å². The lowest BCUT2D eigenvalue weighted by Crippen LogP contribution is -1.93. The quantitative estimate of drug-likeness (QED) is 0.683. The van der Waals surface area contributed by atoms with Gasteiger partial charge in [0.1, 0.15) is 11.5 Å². The molecule has 3 nitrogen and oxygen atoms in total. The molecular weight excluding hydrogens is 174 g/mol. The highest BCUT2D eigenvalue weighted by Gasteiger charge is 1.99. The van der Waals surface area contributed by atoms with Gasteiger partial charge in [-0.3, -0.25) is 0 Å². The van der Waals surface area contributed by atoms with E-state index in [4.69, 9.17) is 0 Å². The molecule has 1 aromatic heterocycles. The minimum absolute atomic E-state index is 0.695. The summed E-state index contributed by atoms with van der Waals surface area (Å²) < 4.78 is 0. The van der Waals surface area contributed by atoms with E-state index in [2.05, 4.69) is 34.2 Å². The maximum atomic E-state index is 4.10. The zero-order valence-corrected chi connectivity index (χ0v) is 8.23. The van der Waals surface area contributed by atoms with Crippen LogP contribution in [0.25, 0.3) is 11.3 Å². The Morgan fingerprint density at radius 1 is 0.929 bits per heavy atom. The molecule has 0 N–H and O–H groups in total. The number of nitrogens with zero attached hydrogens (tertiary/aromatic N) is 3. The molecule has 0 aliphatic rings. The first kappa shape index (κ1) is 8.81. The predicted octanol–water partition coefficient (Wildman–Crippen LogP) is 2.16. The van der Waals surface area contributed by atoms with Crippen LogP contribution in [-0.2, 0) is 0 Å². The van der Waals surface area contributed by atoms with Crippen LogP contribution in [0.2, 0.25) is 0 Å². The van der Waals surface area contributed by atoms with Crippen LogP contribution in [0.3, 0.4) is 0 Å². The Bertz CT molecular complexity index is 374. The van der Waals surface area contributed by atoms with Gasteiger partial charge in [0, 0.05) is 5.56 Å². The Balaban J connectivity index is 2.40. The Morgan fingerprint density at radius 2 is 1.64 bits per heavy atom. The van der Waals surface area contributed by atoms with E-state index >= 15 is 0 Å². The van der Waals surface area contributed by atoms with E-state index in [1.165, 1.54) is 5.56 Å². The maximum Gasteiger partial charge on any atom is 0.147 e. The van der Waals surface area contributed by atoms with Gasteiger partial charge in [-0.05, 0) is 13.8 Å². The predicted molar refractivity (Wildman–Crippen MR) is 54.7 cm³/mol. The van der Waals surface area contributed by atoms with Crippen LogP contribution < -0.4 is 0 Å². The molecule has 1 aromatic carbocycles. The van der Waals surface area contributed by atoms with Gasteiger partial charge in [0.2, 0.25) is 0 Å². The maximum absolute atomic E-state index is 4.10. The van der Waals surface area contributed by atoms with Gasteiger partial charge in [0.05, 0.1) is 6.20 Å². The fourth-order valence-corrected chi connectivity index (χ4v) is 1.19. The molecule has 14 heavy (non-hydrogen) atoms. The summed E-state index contributed by atoms with van der Waals surface area (Å²) in [6.07, 6.45) is 1.74. The lowest BCUT2D eigenvalue weighted by atomic mass is 10.1. The number of rotatable bonds is 1. The average Bonchev–Trinajstić information content (AvgIpc) is 2.21. The van der Waals surface area contributed by atoms with Gasteiger partial charge in [-0.15, -0.1) is 10.2 Å². The molecule has 0 radical (unpaired) electrons. The lowest BCUT2D eigenvalue weighted by molar-refractivity contribution is 0.913. The van der Waals surface area contributed by atoms with Crippen molar-refractivity contribution in [2.24, 2.45) is 0 Å². The molecule has 0 aliphatic heterocycles. The fraction of sp³-hybridized carbons (Fsp3) is 0.182. The van der Waals surface area contributed by atoms with Crippen LogP contribution >= 0.6 is 0 Å². The van der Waals surface area contributed by atoms with Crippen LogP contribution in [0, 0.1) is 13.8 Å². The first-order valence-corrected chi connectivity index (χ1v) is 4.49. The van der Waals surface area contributed by atoms with Gasteiger partial charge < -0.3 is 0 Å². The molecule has 0 aliphatic carbocycles. The van der Waals surface area contributed by atoms with Gasteiger partial charge in [0.15, 0.2) is 0 Å². The minimum atomic E-state index is 0.695. The van der Waals surface area contributed by atoms with Crippen molar-refractivity contribution in [3.63, 3.8) is 0 Å². The second-order valence-electron chi connectivity index (χ2n) is 3.26. The molecule has 70 valence electrons. The van der Waals surface area contributed by atoms with Crippen LogP contribution in [0.1, 0.15) is 11.4 Å². The molecule has 0 bridgehead atoms. The van der Waals surface area contributed by atoms with Crippen molar-refractivity contribution < 1.29 is 0 Å². The second-order valence-corrected chi connectivity index (χ2v) is 3.26. The highest BCUT2D eigenvalue weighted by atomic mass is 15.1. The third kappa shape index (κ3) is 1.76. The minimum Gasteiger partial charge on any atom is -0.237 e. The lowest BCUT2D eigenvalue weighted by Gasteiger charge is -1.99. The van der Waals surface area contributed by atoms with E-state index in [-0.39, 0.29) is 0 Å². The smallest absolute Gasteiger partial charge is 0.147 e. The molecule has 0 atom stereocenters. The van der Waals surface area contributed by atoms with Crippen molar-refractivity contribution >= 4 is 0 Å². The van der Waals surface area contributed by atoms with Crippen molar-refractivity contribution in [1.29, 1.82) is 0 Å². The number of hydrogen-bond acceptors (Lipinski definition) is 3. The first-order valence-electron chi connectivity index (χ1n) is 4.49. The topological polar surface area (TPSA) is 38.7 Å². The van der Waals surface area contributed by atoms with E-state index in [9.17, 15) is 0 Å². The molecule has 0 spiro atoms. The Kier molecular flexibility index (Phi) is 2.23. The second kappa shape index (κ2) is 3.54. The number of aryl methyl sites for hydroxylation is 2. The highest BCUT2D eigenvalue weighted by molar-refractivity contribution is 5.57. The van der Waals surface area contributed by atoms with Gasteiger partial charge in [-0.25, -0.2) is 4.98 Å². The van der Waals surface area contributed by atoms with Crippen molar-refractivity contribution in [2.75, 3.05) is 0 Å². The Labute approximate surface area is 82.8 Å². The Morgan fingerprint density at radius 3 is 2.21 bits per heavy atom. The summed E-state index contributed by atoms with van der Waals surface area (Å²) in [7, 11) is 0. The van der Waals surface area contributed by atoms with Gasteiger partial charge >= 0.3 is 0 Å². The number of aromatic nitrogens is 3. The van der Waals surface area contributed by atoms with E-state index in [0.717, 1.165) is 11.3 Å². The number of benzene rings is 1. The van der Waals surface area contributed by atoms with Crippen LogP contribution in [-0.4, -0.2) is 15.2 Å². The van der Waals surface area contributed by atoms with Crippen LogP contribution in [0.4, 0.5) is 0 Å². The van der Waals surface area contributed by atoms with E-state index < -0.39 is 0 Å². The van der Waals surface area contributed by atoms with Crippen molar-refractivity contribution in [2.45, 2.75) is 13.8 Å². The normalized spacial score (nSPS) is 10.1. The van der Waals surface area contributed by atoms with Crippen molar-refractivity contribution in [3.05, 3.63) is 41.9 Å². The molecule has 0 saturated carbocycles. The summed E-state index contributed by atoms with van der Waals surface area (Å²) in [4.78, 5) is 4.10. The third-order valence-corrected chi connectivity index (χ3v) is 2.02. The summed E-state index contributed by atoms with van der Waals surface area (Å²) in [5.41, 5.74) is 3.10. The van der Waals surface area contributed by atoms with Crippen molar-refractivity contribution in [3.8, 4) is 11.3 Å². The molecule has 2 rings (SSSR count). The largest absolute Gasteiger partial charge is 0.237 e. The number of hydrogen-bond donors (Lipinski definition) is 0. The monoisotopic (exact) mass is 185 g/mol. The first-order chi connectivity index (χ1) is 6.75. The molecule has 2 aromatic rings. The summed E-state index contributed by atoms with van der Waals surface area (Å²) in [5, 5.41) is 7.98. The van der Waals surface area contributed by atoms with E-state index in [1.54, 1.807) is 6.20 Å². The van der Waals surface area contributed by atoms with E-state index in [1.807, 2.05) is 19.1 Å². The summed E-state index contributed by atoms with van der Waals surface area (Å²) >= 11 is 0. The van der Waals surface area contributed by atoms with E-state index in [0.29, 0.717) is 5.82 Å². The van der Waals surface area contributed by atoms with Gasteiger partial charge in [-0.2, -0.15) is 0 Å². The zero-order chi connectivity index (χ0) is 9.97. The molecule has 3 heteroatoms. The molecule has 0 amide bonds. The van der Waals surface area contributed by atoms with Crippen LogP contribution in [0.15, 0.2) is 30.5 Å².